The van der Waals surface area contributed by atoms with Gasteiger partial charge in [0, 0.05) is 34.7 Å². The Labute approximate surface area is 200 Å². The van der Waals surface area contributed by atoms with Crippen LogP contribution in [-0.4, -0.2) is 34.7 Å². The summed E-state index contributed by atoms with van der Waals surface area (Å²) < 4.78 is 0. The Kier molecular flexibility index (Phi) is 29.5. The molecule has 6 nitrogen and oxygen atoms in total. The van der Waals surface area contributed by atoms with E-state index in [0.29, 0.717) is 38.5 Å². The van der Waals surface area contributed by atoms with Crippen molar-refractivity contribution < 1.29 is 67.4 Å². The van der Waals surface area contributed by atoms with Gasteiger partial charge in [0.1, 0.15) is 0 Å². The van der Waals surface area contributed by atoms with Crippen molar-refractivity contribution in [1.29, 1.82) is 0 Å². The van der Waals surface area contributed by atoms with E-state index in [-0.39, 0.29) is 73.3 Å². The number of hydrogen-bond donors (Lipinski definition) is 0. The van der Waals surface area contributed by atoms with Gasteiger partial charge in [0.15, 0.2) is 0 Å². The van der Waals surface area contributed by atoms with Crippen molar-refractivity contribution in [2.24, 2.45) is 0 Å². The molecule has 0 aliphatic heterocycles. The van der Waals surface area contributed by atoms with Gasteiger partial charge in [0.05, 0.1) is 0 Å². The Morgan fingerprint density at radius 1 is 0.393 bits per heavy atom. The zero-order valence-corrected chi connectivity index (χ0v) is 19.9. The molecule has 0 aliphatic rings. The van der Waals surface area contributed by atoms with E-state index < -0.39 is 0 Å². The van der Waals surface area contributed by atoms with Crippen LogP contribution in [0.1, 0.15) is 80.1 Å². The van der Waals surface area contributed by atoms with E-state index in [1.165, 1.54) is 19.3 Å². The standard InChI is InChI=1S/3C7H11O2.Tb/c3*1-3-6(8)5-7(9)4-2;/h3*5H,3-4H2,1-2H3;/q3*-1;+3. The van der Waals surface area contributed by atoms with Crippen molar-refractivity contribution >= 4 is 34.7 Å². The van der Waals surface area contributed by atoms with E-state index in [2.05, 4.69) is 0 Å². The summed E-state index contributed by atoms with van der Waals surface area (Å²) in [5, 5.41) is 0. The van der Waals surface area contributed by atoms with Crippen molar-refractivity contribution in [1.82, 2.24) is 0 Å². The third kappa shape index (κ3) is 27.1. The van der Waals surface area contributed by atoms with Gasteiger partial charge in [-0.1, -0.05) is 41.5 Å². The minimum Gasteiger partial charge on any atom is -0.334 e. The van der Waals surface area contributed by atoms with Crippen molar-refractivity contribution in [3.8, 4) is 0 Å². The van der Waals surface area contributed by atoms with Gasteiger partial charge in [0.25, 0.3) is 0 Å². The van der Waals surface area contributed by atoms with Crippen molar-refractivity contribution in [2.75, 3.05) is 0 Å². The molecule has 0 radical (unpaired) electrons. The van der Waals surface area contributed by atoms with Crippen molar-refractivity contribution in [3.63, 3.8) is 0 Å². The van der Waals surface area contributed by atoms with E-state index in [0.717, 1.165) is 0 Å². The summed E-state index contributed by atoms with van der Waals surface area (Å²) in [6.07, 6.45) is 6.03. The molecule has 0 N–H and O–H groups in total. The van der Waals surface area contributed by atoms with Crippen LogP contribution in [0.25, 0.3) is 0 Å². The van der Waals surface area contributed by atoms with E-state index in [1.807, 2.05) is 0 Å². The first kappa shape index (κ1) is 34.4. The number of carbonyl (C=O) groups excluding carboxylic acids is 6. The van der Waals surface area contributed by atoms with Gasteiger partial charge in [-0.3, -0.25) is 19.3 Å². The summed E-state index contributed by atoms with van der Waals surface area (Å²) in [4.78, 5) is 63.0. The molecular weight excluding hydrogens is 507 g/mol. The predicted molar refractivity (Wildman–Crippen MR) is 105 cm³/mol. The first-order valence-corrected chi connectivity index (χ1v) is 9.32. The van der Waals surface area contributed by atoms with Crippen LogP contribution in [0.2, 0.25) is 0 Å². The van der Waals surface area contributed by atoms with E-state index in [1.54, 1.807) is 41.5 Å². The minimum atomic E-state index is -0.0816. The number of ketones is 6. The van der Waals surface area contributed by atoms with Crippen LogP contribution in [-0.2, 0) is 28.8 Å². The summed E-state index contributed by atoms with van der Waals surface area (Å²) in [6.45, 7) is 10.4. The maximum Gasteiger partial charge on any atom is 3.00 e. The molecular formula is C21H33O6Tb. The monoisotopic (exact) mass is 540 g/mol. The van der Waals surface area contributed by atoms with Gasteiger partial charge in [-0.15, -0.1) is 0 Å². The second kappa shape index (κ2) is 24.0. The molecule has 0 aliphatic carbocycles. The molecule has 0 fully saturated rings. The van der Waals surface area contributed by atoms with Gasteiger partial charge in [-0.2, -0.15) is 0 Å². The molecule has 0 aromatic carbocycles. The molecule has 0 spiro atoms. The quantitative estimate of drug-likeness (QED) is 0.278. The summed E-state index contributed by atoms with van der Waals surface area (Å²) >= 11 is 0. The van der Waals surface area contributed by atoms with Crippen LogP contribution in [0.5, 0.6) is 0 Å². The number of carbonyl (C=O) groups is 6. The summed E-state index contributed by atoms with van der Waals surface area (Å²) in [6, 6.07) is 0. The molecule has 0 amide bonds. The first-order valence-electron chi connectivity index (χ1n) is 9.32. The van der Waals surface area contributed by atoms with Gasteiger partial charge >= 0.3 is 38.6 Å². The maximum absolute atomic E-state index is 10.5. The van der Waals surface area contributed by atoms with E-state index in [9.17, 15) is 28.8 Å². The minimum absolute atomic E-state index is 0. The SMILES string of the molecule is CCC(=O)[CH-]C(=O)CC.CCC(=O)[CH-]C(=O)CC.CCC(=O)[CH-]C(=O)CC.[Tb+3]. The molecule has 162 valence electrons. The molecule has 0 heterocycles. The molecule has 7 heteroatoms. The van der Waals surface area contributed by atoms with Gasteiger partial charge in [0.2, 0.25) is 0 Å². The maximum atomic E-state index is 10.5. The molecule has 0 aromatic rings. The fourth-order valence-electron chi connectivity index (χ4n) is 1.15. The zero-order chi connectivity index (χ0) is 21.8. The third-order valence-electron chi connectivity index (χ3n) is 3.06. The molecule has 28 heavy (non-hydrogen) atoms. The van der Waals surface area contributed by atoms with E-state index in [4.69, 9.17) is 0 Å². The second-order valence-electron chi connectivity index (χ2n) is 5.35. The van der Waals surface area contributed by atoms with Crippen molar-refractivity contribution in [3.05, 3.63) is 19.3 Å². The summed E-state index contributed by atoms with van der Waals surface area (Å²) in [7, 11) is 0. The normalized spacial score (nSPS) is 8.36. The Hall–Kier alpha value is -1.08. The fraction of sp³-hybridized carbons (Fsp3) is 0.571. The average Bonchev–Trinajstić information content (AvgIpc) is 2.67. The molecule has 0 bridgehead atoms. The smallest absolute Gasteiger partial charge is 0.334 e. The van der Waals surface area contributed by atoms with Gasteiger partial charge in [-0.25, -0.2) is 0 Å². The molecule has 0 aromatic heterocycles. The topological polar surface area (TPSA) is 102 Å². The van der Waals surface area contributed by atoms with Crippen LogP contribution < -0.4 is 0 Å². The average molecular weight is 540 g/mol. The largest absolute Gasteiger partial charge is 3.00 e. The number of hydrogen-bond acceptors (Lipinski definition) is 6. The first-order chi connectivity index (χ1) is 12.6. The third-order valence-corrected chi connectivity index (χ3v) is 3.06. The Balaban J connectivity index is -0.000000152. The van der Waals surface area contributed by atoms with Crippen LogP contribution in [0, 0.1) is 57.9 Å². The van der Waals surface area contributed by atoms with E-state index >= 15 is 0 Å². The molecule has 0 saturated heterocycles. The summed E-state index contributed by atoms with van der Waals surface area (Å²) in [5.74, 6) is -0.490. The fourth-order valence-corrected chi connectivity index (χ4v) is 1.15. The van der Waals surface area contributed by atoms with Crippen molar-refractivity contribution in [2.45, 2.75) is 80.1 Å². The second-order valence-corrected chi connectivity index (χ2v) is 5.35. The number of rotatable bonds is 12. The van der Waals surface area contributed by atoms with Crippen LogP contribution in [0.4, 0.5) is 0 Å². The Bertz CT molecular complexity index is 384. The van der Waals surface area contributed by atoms with Crippen LogP contribution in [0.15, 0.2) is 0 Å². The van der Waals surface area contributed by atoms with Crippen LogP contribution in [0.3, 0.4) is 0 Å². The Morgan fingerprint density at radius 2 is 0.500 bits per heavy atom. The van der Waals surface area contributed by atoms with Gasteiger partial charge in [-0.05, 0) is 38.5 Å². The van der Waals surface area contributed by atoms with Crippen LogP contribution >= 0.6 is 0 Å². The molecule has 0 unspecified atom stereocenters. The molecule has 0 atom stereocenters. The molecule has 0 rings (SSSR count). The molecule has 0 saturated carbocycles. The zero-order valence-electron chi connectivity index (χ0n) is 17.8. The Morgan fingerprint density at radius 3 is 0.571 bits per heavy atom. The van der Waals surface area contributed by atoms with Gasteiger partial charge < -0.3 is 28.8 Å². The predicted octanol–water partition coefficient (Wildman–Crippen LogP) is 3.45. The number of Topliss-reactive ketones (excluding diaryl/α,β-unsaturated/α-hetero) is 6. The summed E-state index contributed by atoms with van der Waals surface area (Å²) in [5.41, 5.74) is 0.